The molecule has 1 aromatic rings. The Labute approximate surface area is 120 Å². The summed E-state index contributed by atoms with van der Waals surface area (Å²) in [7, 11) is -3.00. The first-order valence-corrected chi connectivity index (χ1v) is 8.63. The van der Waals surface area contributed by atoms with Crippen LogP contribution in [0, 0.1) is 0 Å². The van der Waals surface area contributed by atoms with Crippen molar-refractivity contribution >= 4 is 9.84 Å². The number of aliphatic hydroxyl groups is 1. The maximum atomic E-state index is 11.1. The van der Waals surface area contributed by atoms with E-state index in [0.29, 0.717) is 13.2 Å². The lowest BCUT2D eigenvalue weighted by Crippen LogP contribution is -2.39. The Kier molecular flexibility index (Phi) is 7.15. The average molecular weight is 301 g/mol. The van der Waals surface area contributed by atoms with Gasteiger partial charge in [-0.3, -0.25) is 0 Å². The van der Waals surface area contributed by atoms with Crippen LogP contribution in [0.15, 0.2) is 30.3 Å². The van der Waals surface area contributed by atoms with E-state index >= 15 is 0 Å². The van der Waals surface area contributed by atoms with Crippen LogP contribution in [0.25, 0.3) is 0 Å². The van der Waals surface area contributed by atoms with Gasteiger partial charge in [-0.2, -0.15) is 0 Å². The third-order valence-electron chi connectivity index (χ3n) is 2.68. The van der Waals surface area contributed by atoms with Crippen molar-refractivity contribution in [3.05, 3.63) is 35.9 Å². The lowest BCUT2D eigenvalue weighted by Gasteiger charge is -2.16. The summed E-state index contributed by atoms with van der Waals surface area (Å²) in [5.41, 5.74) is 1.05. The van der Waals surface area contributed by atoms with Gasteiger partial charge >= 0.3 is 0 Å². The number of hydrogen-bond acceptors (Lipinski definition) is 5. The highest BCUT2D eigenvalue weighted by Gasteiger charge is 2.12. The molecular formula is C14H23NO4S. The van der Waals surface area contributed by atoms with E-state index in [-0.39, 0.29) is 18.4 Å². The molecule has 0 aliphatic heterocycles. The van der Waals surface area contributed by atoms with E-state index in [1.807, 2.05) is 30.3 Å². The number of hydrogen-bond donors (Lipinski definition) is 2. The van der Waals surface area contributed by atoms with Crippen LogP contribution < -0.4 is 5.32 Å². The molecule has 0 saturated heterocycles. The van der Waals surface area contributed by atoms with E-state index < -0.39 is 15.9 Å². The predicted molar refractivity (Wildman–Crippen MR) is 79.3 cm³/mol. The summed E-state index contributed by atoms with van der Waals surface area (Å²) >= 11 is 0. The first kappa shape index (κ1) is 17.1. The third kappa shape index (κ3) is 8.27. The minimum Gasteiger partial charge on any atom is -0.389 e. The molecule has 6 heteroatoms. The minimum atomic E-state index is -3.00. The second-order valence-corrected chi connectivity index (χ2v) is 7.24. The van der Waals surface area contributed by atoms with Gasteiger partial charge in [0.2, 0.25) is 0 Å². The molecule has 0 aliphatic carbocycles. The molecule has 1 aromatic carbocycles. The van der Waals surface area contributed by atoms with Gasteiger partial charge in [0.15, 0.2) is 0 Å². The molecule has 0 radical (unpaired) electrons. The largest absolute Gasteiger partial charge is 0.389 e. The molecule has 0 bridgehead atoms. The van der Waals surface area contributed by atoms with E-state index in [1.54, 1.807) is 6.92 Å². The molecule has 5 nitrogen and oxygen atoms in total. The van der Waals surface area contributed by atoms with Crippen LogP contribution in [0.4, 0.5) is 0 Å². The van der Waals surface area contributed by atoms with Gasteiger partial charge in [-0.05, 0) is 12.5 Å². The zero-order valence-electron chi connectivity index (χ0n) is 12.0. The second kappa shape index (κ2) is 8.36. The molecule has 0 aliphatic rings. The van der Waals surface area contributed by atoms with E-state index in [4.69, 9.17) is 4.74 Å². The number of benzene rings is 1. The molecule has 0 saturated carbocycles. The van der Waals surface area contributed by atoms with Gasteiger partial charge in [-0.1, -0.05) is 30.3 Å². The normalized spacial score (nSPS) is 14.9. The van der Waals surface area contributed by atoms with E-state index in [9.17, 15) is 13.5 Å². The van der Waals surface area contributed by atoms with Gasteiger partial charge in [0.1, 0.15) is 9.84 Å². The molecule has 2 N–H and O–H groups in total. The Bertz CT molecular complexity index is 475. The molecule has 0 spiro atoms. The summed E-state index contributed by atoms with van der Waals surface area (Å²) in [4.78, 5) is 0. The molecule has 114 valence electrons. The molecule has 0 aromatic heterocycles. The van der Waals surface area contributed by atoms with Crippen molar-refractivity contribution in [1.82, 2.24) is 5.32 Å². The molecule has 1 rings (SSSR count). The molecule has 2 atom stereocenters. The average Bonchev–Trinajstić information content (AvgIpc) is 2.36. The van der Waals surface area contributed by atoms with Crippen molar-refractivity contribution in [2.75, 3.05) is 25.2 Å². The zero-order chi connectivity index (χ0) is 15.0. The number of aliphatic hydroxyl groups excluding tert-OH is 1. The molecule has 20 heavy (non-hydrogen) atoms. The Morgan fingerprint density at radius 3 is 2.55 bits per heavy atom. The zero-order valence-corrected chi connectivity index (χ0v) is 12.8. The topological polar surface area (TPSA) is 75.6 Å². The Morgan fingerprint density at radius 2 is 1.95 bits per heavy atom. The molecule has 0 amide bonds. The van der Waals surface area contributed by atoms with Crippen LogP contribution in [0.2, 0.25) is 0 Å². The predicted octanol–water partition coefficient (Wildman–Crippen LogP) is 0.587. The summed E-state index contributed by atoms with van der Waals surface area (Å²) in [5, 5.41) is 12.7. The number of rotatable bonds is 9. The summed E-state index contributed by atoms with van der Waals surface area (Å²) in [6.07, 6.45) is 0.547. The fraction of sp³-hybridized carbons (Fsp3) is 0.571. The van der Waals surface area contributed by atoms with Crippen molar-refractivity contribution in [2.45, 2.75) is 25.7 Å². The van der Waals surface area contributed by atoms with Crippen LogP contribution >= 0.6 is 0 Å². The van der Waals surface area contributed by atoms with Crippen LogP contribution in [0.5, 0.6) is 0 Å². The first-order chi connectivity index (χ1) is 9.37. The van der Waals surface area contributed by atoms with Crippen LogP contribution in [-0.4, -0.2) is 50.8 Å². The van der Waals surface area contributed by atoms with E-state index in [0.717, 1.165) is 5.56 Å². The van der Waals surface area contributed by atoms with Gasteiger partial charge in [-0.15, -0.1) is 0 Å². The van der Waals surface area contributed by atoms with Crippen LogP contribution in [0.1, 0.15) is 12.5 Å². The van der Waals surface area contributed by atoms with Gasteiger partial charge in [0, 0.05) is 18.8 Å². The van der Waals surface area contributed by atoms with Crippen LogP contribution in [0.3, 0.4) is 0 Å². The van der Waals surface area contributed by atoms with Crippen LogP contribution in [-0.2, 0) is 21.2 Å². The van der Waals surface area contributed by atoms with Gasteiger partial charge in [0.25, 0.3) is 0 Å². The second-order valence-electron chi connectivity index (χ2n) is 5.06. The van der Waals surface area contributed by atoms with Crippen molar-refractivity contribution in [2.24, 2.45) is 0 Å². The maximum Gasteiger partial charge on any atom is 0.148 e. The smallest absolute Gasteiger partial charge is 0.148 e. The fourth-order valence-corrected chi connectivity index (χ4v) is 2.82. The van der Waals surface area contributed by atoms with E-state index in [2.05, 4.69) is 5.32 Å². The third-order valence-corrected chi connectivity index (χ3v) is 3.78. The van der Waals surface area contributed by atoms with Gasteiger partial charge < -0.3 is 15.2 Å². The fourth-order valence-electron chi connectivity index (χ4n) is 1.80. The Balaban J connectivity index is 2.16. The molecule has 0 fully saturated rings. The summed E-state index contributed by atoms with van der Waals surface area (Å²) in [5.74, 6) is 0.0601. The highest BCUT2D eigenvalue weighted by atomic mass is 32.2. The number of nitrogens with one attached hydrogen (secondary N) is 1. The van der Waals surface area contributed by atoms with Crippen molar-refractivity contribution in [3.63, 3.8) is 0 Å². The Hall–Kier alpha value is -0.950. The summed E-state index contributed by atoms with van der Waals surface area (Å²) in [6.45, 7) is 2.76. The quantitative estimate of drug-likeness (QED) is 0.698. The highest BCUT2D eigenvalue weighted by molar-refractivity contribution is 7.90. The Morgan fingerprint density at radius 1 is 1.30 bits per heavy atom. The maximum absolute atomic E-state index is 11.1. The van der Waals surface area contributed by atoms with Gasteiger partial charge in [-0.25, -0.2) is 8.42 Å². The van der Waals surface area contributed by atoms with Crippen molar-refractivity contribution < 1.29 is 18.3 Å². The van der Waals surface area contributed by atoms with Crippen molar-refractivity contribution in [3.8, 4) is 0 Å². The van der Waals surface area contributed by atoms with Gasteiger partial charge in [0.05, 0.1) is 25.1 Å². The SMILES string of the molecule is CC(CS(C)(=O)=O)NCC(O)COCc1ccccc1. The number of ether oxygens (including phenoxy) is 1. The molecular weight excluding hydrogens is 278 g/mol. The highest BCUT2D eigenvalue weighted by Crippen LogP contribution is 2.01. The monoisotopic (exact) mass is 301 g/mol. The standard InChI is InChI=1S/C14H23NO4S/c1-12(11-20(2,17)18)15-8-14(16)10-19-9-13-6-4-3-5-7-13/h3-7,12,14-16H,8-11H2,1-2H3. The molecule has 2 unspecified atom stereocenters. The van der Waals surface area contributed by atoms with E-state index in [1.165, 1.54) is 6.26 Å². The lowest BCUT2D eigenvalue weighted by molar-refractivity contribution is 0.0281. The van der Waals surface area contributed by atoms with Crippen molar-refractivity contribution in [1.29, 1.82) is 0 Å². The summed E-state index contributed by atoms with van der Waals surface area (Å²) < 4.78 is 27.6. The number of sulfone groups is 1. The minimum absolute atomic E-state index is 0.0601. The lowest BCUT2D eigenvalue weighted by atomic mass is 10.2. The summed E-state index contributed by atoms with van der Waals surface area (Å²) in [6, 6.07) is 9.53. The molecule has 0 heterocycles. The first-order valence-electron chi connectivity index (χ1n) is 6.57.